The number of hydrogen-bond donors (Lipinski definition) is 0. The second-order valence-corrected chi connectivity index (χ2v) is 8.12. The molecular formula is C24H22N2OS2. The zero-order valence-electron chi connectivity index (χ0n) is 16.4. The summed E-state index contributed by atoms with van der Waals surface area (Å²) >= 11 is 7.66. The molecule has 29 heavy (non-hydrogen) atoms. The predicted octanol–water partition coefficient (Wildman–Crippen LogP) is 5.24. The highest BCUT2D eigenvalue weighted by Gasteiger charge is 2.24. The lowest BCUT2D eigenvalue weighted by atomic mass is 10.2. The van der Waals surface area contributed by atoms with Gasteiger partial charge in [-0.1, -0.05) is 60.7 Å². The number of nitrogens with zero attached hydrogens (tertiary/aromatic N) is 2. The maximum Gasteiger partial charge on any atom is 0.340 e. The summed E-state index contributed by atoms with van der Waals surface area (Å²) in [7, 11) is 3.79. The molecule has 3 aromatic carbocycles. The molecule has 0 bridgehead atoms. The minimum Gasteiger partial charge on any atom is -0.735 e. The first-order valence-corrected chi connectivity index (χ1v) is 10.6. The first-order chi connectivity index (χ1) is 14.2. The monoisotopic (exact) mass is 418 g/mol. The van der Waals surface area contributed by atoms with E-state index in [1.807, 2.05) is 24.3 Å². The smallest absolute Gasteiger partial charge is 0.340 e. The van der Waals surface area contributed by atoms with Crippen LogP contribution in [0.2, 0.25) is 0 Å². The molecule has 0 saturated heterocycles. The molecule has 1 heterocycles. The third kappa shape index (κ3) is 4.11. The minimum atomic E-state index is 0.806. The highest BCUT2D eigenvalue weighted by Crippen LogP contribution is 2.35. The minimum absolute atomic E-state index is 0.806. The molecule has 146 valence electrons. The second kappa shape index (κ2) is 8.64. The number of anilines is 1. The molecule has 0 amide bonds. The maximum absolute atomic E-state index is 5.94. The van der Waals surface area contributed by atoms with E-state index in [1.54, 1.807) is 18.4 Å². The van der Waals surface area contributed by atoms with Gasteiger partial charge in [-0.05, 0) is 46.7 Å². The van der Waals surface area contributed by atoms with Gasteiger partial charge in [-0.25, -0.2) is 4.57 Å². The van der Waals surface area contributed by atoms with Crippen LogP contribution in [0.1, 0.15) is 5.56 Å². The molecule has 0 aliphatic rings. The highest BCUT2D eigenvalue weighted by atomic mass is 32.1. The molecule has 0 unspecified atom stereocenters. The van der Waals surface area contributed by atoms with Crippen molar-refractivity contribution in [2.75, 3.05) is 19.1 Å². The number of methoxy groups -OCH3 is 1. The lowest BCUT2D eigenvalue weighted by Gasteiger charge is -2.15. The fourth-order valence-electron chi connectivity index (χ4n) is 3.27. The van der Waals surface area contributed by atoms with Gasteiger partial charge in [0, 0.05) is 5.03 Å². The molecule has 0 spiro atoms. The van der Waals surface area contributed by atoms with E-state index >= 15 is 0 Å². The van der Waals surface area contributed by atoms with Crippen LogP contribution in [0.4, 0.5) is 5.13 Å². The maximum atomic E-state index is 5.94. The molecule has 0 fully saturated rings. The van der Waals surface area contributed by atoms with Crippen LogP contribution >= 0.6 is 11.3 Å². The van der Waals surface area contributed by atoms with Crippen LogP contribution in [0.25, 0.3) is 16.1 Å². The van der Waals surface area contributed by atoms with Crippen molar-refractivity contribution in [3.8, 4) is 21.9 Å². The van der Waals surface area contributed by atoms with E-state index < -0.39 is 0 Å². The number of thiazole rings is 1. The fraction of sp³-hybridized carbons (Fsp3) is 0.125. The Kier molecular flexibility index (Phi) is 5.79. The first kappa shape index (κ1) is 19.4. The Balaban J connectivity index is 1.81. The van der Waals surface area contributed by atoms with Crippen LogP contribution < -0.4 is 14.2 Å². The van der Waals surface area contributed by atoms with Crippen molar-refractivity contribution >= 4 is 29.1 Å². The molecule has 5 heteroatoms. The van der Waals surface area contributed by atoms with Crippen molar-refractivity contribution in [2.24, 2.45) is 0 Å². The molecule has 0 atom stereocenters. The largest absolute Gasteiger partial charge is 0.735 e. The Morgan fingerprint density at radius 1 is 0.897 bits per heavy atom. The standard InChI is InChI=1S/C24H22N2OS2/c1-25(17-18-9-5-3-6-10-18)24-26(20-13-15-21(27-2)16-14-20)23(28)22(29-24)19-11-7-4-8-12-19/h3-16H,17H2,1-2H3. The van der Waals surface area contributed by atoms with Crippen molar-refractivity contribution in [1.82, 2.24) is 0 Å². The first-order valence-electron chi connectivity index (χ1n) is 9.38. The van der Waals surface area contributed by atoms with Crippen LogP contribution in [0.3, 0.4) is 0 Å². The number of rotatable bonds is 6. The van der Waals surface area contributed by atoms with Gasteiger partial charge in [0.1, 0.15) is 18.0 Å². The van der Waals surface area contributed by atoms with Gasteiger partial charge >= 0.3 is 5.13 Å². The third-order valence-electron chi connectivity index (χ3n) is 4.74. The Labute approximate surface area is 181 Å². The summed E-state index contributed by atoms with van der Waals surface area (Å²) in [5.74, 6) is 0.831. The normalized spacial score (nSPS) is 10.7. The predicted molar refractivity (Wildman–Crippen MR) is 122 cm³/mol. The number of ether oxygens (including phenoxy) is 1. The Bertz CT molecular complexity index is 1080. The molecule has 4 aromatic rings. The molecular weight excluding hydrogens is 396 g/mol. The number of benzene rings is 3. The van der Waals surface area contributed by atoms with E-state index in [2.05, 4.69) is 77.2 Å². The molecule has 1 aromatic heterocycles. The quantitative estimate of drug-likeness (QED) is 0.315. The van der Waals surface area contributed by atoms with E-state index in [0.29, 0.717) is 0 Å². The summed E-state index contributed by atoms with van der Waals surface area (Å²) < 4.78 is 7.48. The van der Waals surface area contributed by atoms with Crippen LogP contribution in [-0.4, -0.2) is 14.2 Å². The zero-order valence-corrected chi connectivity index (χ0v) is 18.0. The lowest BCUT2D eigenvalue weighted by Crippen LogP contribution is -2.38. The van der Waals surface area contributed by atoms with Crippen molar-refractivity contribution < 1.29 is 9.30 Å². The van der Waals surface area contributed by atoms with E-state index in [4.69, 9.17) is 17.4 Å². The number of hydrogen-bond acceptors (Lipinski definition) is 4. The van der Waals surface area contributed by atoms with E-state index in [9.17, 15) is 0 Å². The lowest BCUT2D eigenvalue weighted by molar-refractivity contribution is -0.617. The van der Waals surface area contributed by atoms with Crippen molar-refractivity contribution in [3.63, 3.8) is 0 Å². The highest BCUT2D eigenvalue weighted by molar-refractivity contribution is 7.59. The summed E-state index contributed by atoms with van der Waals surface area (Å²) in [6, 6.07) is 28.9. The molecule has 4 rings (SSSR count). The Morgan fingerprint density at radius 3 is 2.14 bits per heavy atom. The second-order valence-electron chi connectivity index (χ2n) is 6.76. The van der Waals surface area contributed by atoms with Crippen molar-refractivity contribution in [3.05, 3.63) is 90.5 Å². The van der Waals surface area contributed by atoms with E-state index in [-0.39, 0.29) is 0 Å². The Hall–Kier alpha value is -2.89. The topological polar surface area (TPSA) is 16.4 Å². The summed E-state index contributed by atoms with van der Waals surface area (Å²) in [5.41, 5.74) is 3.44. The van der Waals surface area contributed by atoms with E-state index in [1.165, 1.54) is 5.56 Å². The molecule has 3 nitrogen and oxygen atoms in total. The van der Waals surface area contributed by atoms with Gasteiger partial charge in [-0.15, -0.1) is 0 Å². The van der Waals surface area contributed by atoms with Crippen LogP contribution in [0.5, 0.6) is 5.75 Å². The summed E-state index contributed by atoms with van der Waals surface area (Å²) in [6.45, 7) is 0.806. The molecule has 0 radical (unpaired) electrons. The van der Waals surface area contributed by atoms with Crippen LogP contribution in [0, 0.1) is 0 Å². The van der Waals surface area contributed by atoms with Gasteiger partial charge in [-0.2, -0.15) is 0 Å². The van der Waals surface area contributed by atoms with Crippen LogP contribution in [-0.2, 0) is 19.2 Å². The van der Waals surface area contributed by atoms with Crippen molar-refractivity contribution in [2.45, 2.75) is 11.6 Å². The van der Waals surface area contributed by atoms with Gasteiger partial charge in [0.2, 0.25) is 0 Å². The fourth-order valence-corrected chi connectivity index (χ4v) is 4.89. The number of aromatic nitrogens is 1. The summed E-state index contributed by atoms with van der Waals surface area (Å²) in [6.07, 6.45) is 0. The summed E-state index contributed by atoms with van der Waals surface area (Å²) in [5, 5.41) is 1.92. The van der Waals surface area contributed by atoms with E-state index in [0.717, 1.165) is 38.6 Å². The van der Waals surface area contributed by atoms with Crippen molar-refractivity contribution in [1.29, 1.82) is 0 Å². The summed E-state index contributed by atoms with van der Waals surface area (Å²) in [4.78, 5) is 3.36. The third-order valence-corrected chi connectivity index (χ3v) is 6.56. The molecule has 0 N–H and O–H groups in total. The van der Waals surface area contributed by atoms with Gasteiger partial charge in [0.05, 0.1) is 19.0 Å². The molecule has 0 aliphatic carbocycles. The van der Waals surface area contributed by atoms with Gasteiger partial charge in [-0.3, -0.25) is 4.90 Å². The average Bonchev–Trinajstić information content (AvgIpc) is 3.12. The van der Waals surface area contributed by atoms with Gasteiger partial charge in [0.25, 0.3) is 0 Å². The van der Waals surface area contributed by atoms with Gasteiger partial charge in [0.15, 0.2) is 0 Å². The zero-order chi connectivity index (χ0) is 20.2. The van der Waals surface area contributed by atoms with Gasteiger partial charge < -0.3 is 17.4 Å². The SMILES string of the molecule is COc1ccc(-[n+]2c(N(C)Cc3ccccc3)sc(-c3ccccc3)c2[S-])cc1. The molecule has 0 aliphatic heterocycles. The Morgan fingerprint density at radius 2 is 1.52 bits per heavy atom. The molecule has 0 saturated carbocycles. The van der Waals surface area contributed by atoms with Crippen LogP contribution in [0.15, 0.2) is 90.0 Å². The average molecular weight is 419 g/mol.